The van der Waals surface area contributed by atoms with Gasteiger partial charge < -0.3 is 20.9 Å². The van der Waals surface area contributed by atoms with Crippen LogP contribution in [-0.2, 0) is 6.42 Å². The number of aliphatic hydroxyl groups is 1. The van der Waals surface area contributed by atoms with Crippen molar-refractivity contribution in [2.24, 2.45) is 5.73 Å². The lowest BCUT2D eigenvalue weighted by molar-refractivity contribution is 0.0690. The standard InChI is InChI=1S/C20H22N4O5S/c21-7-1-3-12-13-9-11(5-6-14(13)22-17(12)19(28)29)18(27)24-20-23-15(10-30-20)16(26)4-2-8-25/h5-6,9-10,22,25H,1-4,7-8,21H2,(H,28,29)(H,23,24,27). The lowest BCUT2D eigenvalue weighted by Gasteiger charge is -2.04. The number of nitrogens with two attached hydrogens (primary N) is 1. The molecule has 158 valence electrons. The number of aromatic nitrogens is 2. The van der Waals surface area contributed by atoms with Crippen molar-refractivity contribution < 1.29 is 24.6 Å². The Morgan fingerprint density at radius 2 is 2.03 bits per heavy atom. The number of carbonyl (C=O) groups is 3. The number of aromatic amines is 1. The number of ketones is 1. The Hall–Kier alpha value is -3.08. The number of benzene rings is 1. The third kappa shape index (κ3) is 4.73. The van der Waals surface area contributed by atoms with E-state index in [0.29, 0.717) is 47.8 Å². The van der Waals surface area contributed by atoms with Gasteiger partial charge in [-0.3, -0.25) is 14.9 Å². The molecule has 0 aliphatic heterocycles. The third-order valence-corrected chi connectivity index (χ3v) is 5.34. The Balaban J connectivity index is 1.82. The molecule has 0 spiro atoms. The summed E-state index contributed by atoms with van der Waals surface area (Å²) in [6.07, 6.45) is 1.65. The highest BCUT2D eigenvalue weighted by molar-refractivity contribution is 7.14. The summed E-state index contributed by atoms with van der Waals surface area (Å²) >= 11 is 1.14. The van der Waals surface area contributed by atoms with Crippen LogP contribution in [0.15, 0.2) is 23.6 Å². The van der Waals surface area contributed by atoms with Crippen LogP contribution < -0.4 is 11.1 Å². The zero-order chi connectivity index (χ0) is 21.7. The number of hydrogen-bond acceptors (Lipinski definition) is 7. The monoisotopic (exact) mass is 430 g/mol. The van der Waals surface area contributed by atoms with Crippen LogP contribution in [0, 0.1) is 0 Å². The van der Waals surface area contributed by atoms with Crippen molar-refractivity contribution in [3.05, 3.63) is 46.1 Å². The number of aliphatic hydroxyl groups excluding tert-OH is 1. The van der Waals surface area contributed by atoms with Gasteiger partial charge in [0.25, 0.3) is 5.91 Å². The third-order valence-electron chi connectivity index (χ3n) is 4.59. The Bertz CT molecular complexity index is 1090. The fraction of sp³-hybridized carbons (Fsp3) is 0.300. The lowest BCUT2D eigenvalue weighted by Crippen LogP contribution is -2.12. The van der Waals surface area contributed by atoms with Gasteiger partial charge in [0.15, 0.2) is 10.9 Å². The molecule has 2 heterocycles. The second-order valence-electron chi connectivity index (χ2n) is 6.68. The number of nitrogens with one attached hydrogen (secondary N) is 2. The molecule has 10 heteroatoms. The molecule has 0 saturated carbocycles. The SMILES string of the molecule is NCCCc1c(C(=O)O)[nH]c2ccc(C(=O)Nc3nc(C(=O)CCCO)cs3)cc12. The number of Topliss-reactive ketones (excluding diaryl/α,β-unsaturated/α-hetero) is 1. The fourth-order valence-electron chi connectivity index (χ4n) is 3.11. The number of anilines is 1. The van der Waals surface area contributed by atoms with Crippen LogP contribution in [0.25, 0.3) is 10.9 Å². The van der Waals surface area contributed by atoms with Gasteiger partial charge >= 0.3 is 5.97 Å². The summed E-state index contributed by atoms with van der Waals surface area (Å²) in [5, 5.41) is 23.4. The zero-order valence-electron chi connectivity index (χ0n) is 16.1. The molecule has 0 saturated heterocycles. The second kappa shape index (κ2) is 9.61. The molecule has 0 radical (unpaired) electrons. The number of rotatable bonds is 10. The van der Waals surface area contributed by atoms with Crippen LogP contribution in [-0.4, -0.2) is 51.0 Å². The first-order valence-electron chi connectivity index (χ1n) is 9.43. The first-order chi connectivity index (χ1) is 14.4. The van der Waals surface area contributed by atoms with E-state index in [-0.39, 0.29) is 35.3 Å². The smallest absolute Gasteiger partial charge is 0.352 e. The minimum absolute atomic E-state index is 0.0715. The summed E-state index contributed by atoms with van der Waals surface area (Å²) in [5.41, 5.74) is 7.50. The predicted octanol–water partition coefficient (Wildman–Crippen LogP) is 2.42. The molecule has 0 aliphatic rings. The van der Waals surface area contributed by atoms with Crippen molar-refractivity contribution >= 4 is 45.0 Å². The van der Waals surface area contributed by atoms with Gasteiger partial charge in [0.2, 0.25) is 0 Å². The molecular weight excluding hydrogens is 408 g/mol. The van der Waals surface area contributed by atoms with Crippen LogP contribution in [0.4, 0.5) is 5.13 Å². The van der Waals surface area contributed by atoms with Crippen molar-refractivity contribution in [2.75, 3.05) is 18.5 Å². The molecule has 30 heavy (non-hydrogen) atoms. The van der Waals surface area contributed by atoms with Crippen LogP contribution in [0.3, 0.4) is 0 Å². The van der Waals surface area contributed by atoms with E-state index in [0.717, 1.165) is 11.3 Å². The summed E-state index contributed by atoms with van der Waals surface area (Å²) < 4.78 is 0. The summed E-state index contributed by atoms with van der Waals surface area (Å²) in [4.78, 5) is 43.2. The maximum absolute atomic E-state index is 12.7. The molecule has 0 atom stereocenters. The molecule has 2 aromatic heterocycles. The number of nitrogens with zero attached hydrogens (tertiary/aromatic N) is 1. The maximum Gasteiger partial charge on any atom is 0.352 e. The summed E-state index contributed by atoms with van der Waals surface area (Å²) in [6, 6.07) is 4.89. The Kier molecular flexibility index (Phi) is 6.93. The molecule has 0 aliphatic carbocycles. The summed E-state index contributed by atoms with van der Waals surface area (Å²) in [5.74, 6) is -1.67. The number of fused-ring (bicyclic) bond motifs is 1. The Morgan fingerprint density at radius 1 is 1.23 bits per heavy atom. The highest BCUT2D eigenvalue weighted by Gasteiger charge is 2.19. The van der Waals surface area contributed by atoms with E-state index in [2.05, 4.69) is 15.3 Å². The van der Waals surface area contributed by atoms with Gasteiger partial charge in [-0.2, -0.15) is 0 Å². The van der Waals surface area contributed by atoms with Crippen molar-refractivity contribution in [2.45, 2.75) is 25.7 Å². The molecule has 1 aromatic carbocycles. The van der Waals surface area contributed by atoms with Crippen molar-refractivity contribution in [3.8, 4) is 0 Å². The highest BCUT2D eigenvalue weighted by Crippen LogP contribution is 2.26. The van der Waals surface area contributed by atoms with E-state index in [9.17, 15) is 19.5 Å². The Labute approximate surface area is 175 Å². The molecule has 3 rings (SSSR count). The summed E-state index contributed by atoms with van der Waals surface area (Å²) in [7, 11) is 0. The number of carboxylic acids is 1. The van der Waals surface area contributed by atoms with Crippen molar-refractivity contribution in [1.29, 1.82) is 0 Å². The molecule has 0 unspecified atom stereocenters. The maximum atomic E-state index is 12.7. The predicted molar refractivity (Wildman–Crippen MR) is 113 cm³/mol. The number of hydrogen-bond donors (Lipinski definition) is 5. The van der Waals surface area contributed by atoms with Gasteiger partial charge in [-0.25, -0.2) is 9.78 Å². The molecule has 1 amide bonds. The highest BCUT2D eigenvalue weighted by atomic mass is 32.1. The topological polar surface area (TPSA) is 158 Å². The van der Waals surface area contributed by atoms with E-state index in [1.54, 1.807) is 23.6 Å². The number of H-pyrrole nitrogens is 1. The number of aryl methyl sites for hydroxylation is 1. The van der Waals surface area contributed by atoms with Gasteiger partial charge in [-0.15, -0.1) is 11.3 Å². The van der Waals surface area contributed by atoms with Gasteiger partial charge in [0.05, 0.1) is 0 Å². The fourth-order valence-corrected chi connectivity index (χ4v) is 3.82. The largest absolute Gasteiger partial charge is 0.477 e. The molecule has 0 bridgehead atoms. The van der Waals surface area contributed by atoms with Crippen molar-refractivity contribution in [3.63, 3.8) is 0 Å². The van der Waals surface area contributed by atoms with Gasteiger partial charge in [0, 0.05) is 34.9 Å². The number of aromatic carboxylic acids is 1. The lowest BCUT2D eigenvalue weighted by atomic mass is 10.0. The molecule has 9 nitrogen and oxygen atoms in total. The van der Waals surface area contributed by atoms with Crippen LogP contribution in [0.5, 0.6) is 0 Å². The molecular formula is C20H22N4O5S. The number of carboxylic acid groups (broad SMARTS) is 1. The van der Waals surface area contributed by atoms with Gasteiger partial charge in [-0.1, -0.05) is 0 Å². The van der Waals surface area contributed by atoms with Crippen LogP contribution in [0.2, 0.25) is 0 Å². The van der Waals surface area contributed by atoms with E-state index in [1.807, 2.05) is 0 Å². The molecule has 6 N–H and O–H groups in total. The van der Waals surface area contributed by atoms with Gasteiger partial charge in [0.1, 0.15) is 11.4 Å². The van der Waals surface area contributed by atoms with E-state index < -0.39 is 11.9 Å². The molecule has 3 aromatic rings. The summed E-state index contributed by atoms with van der Waals surface area (Å²) in [6.45, 7) is 0.354. The first-order valence-corrected chi connectivity index (χ1v) is 10.3. The van der Waals surface area contributed by atoms with Crippen LogP contribution >= 0.6 is 11.3 Å². The quantitative estimate of drug-likeness (QED) is 0.309. The Morgan fingerprint density at radius 3 is 2.73 bits per heavy atom. The van der Waals surface area contributed by atoms with E-state index in [4.69, 9.17) is 10.8 Å². The van der Waals surface area contributed by atoms with Crippen LogP contribution in [0.1, 0.15) is 56.2 Å². The number of carbonyl (C=O) groups excluding carboxylic acids is 2. The van der Waals surface area contributed by atoms with Gasteiger partial charge in [-0.05, 0) is 49.6 Å². The zero-order valence-corrected chi connectivity index (χ0v) is 16.9. The minimum Gasteiger partial charge on any atom is -0.477 e. The van der Waals surface area contributed by atoms with Crippen molar-refractivity contribution in [1.82, 2.24) is 9.97 Å². The van der Waals surface area contributed by atoms with E-state index >= 15 is 0 Å². The minimum atomic E-state index is -1.06. The normalized spacial score (nSPS) is 11.0. The molecule has 0 fully saturated rings. The number of amides is 1. The first kappa shape index (κ1) is 21.6. The van der Waals surface area contributed by atoms with E-state index in [1.165, 1.54) is 0 Å². The average Bonchev–Trinajstić information content (AvgIpc) is 3.34. The number of thiazole rings is 1. The second-order valence-corrected chi connectivity index (χ2v) is 7.54. The average molecular weight is 430 g/mol.